The van der Waals surface area contributed by atoms with Crippen LogP contribution >= 0.6 is 23.2 Å². The number of aromatic nitrogens is 1. The van der Waals surface area contributed by atoms with Crippen LogP contribution in [0.25, 0.3) is 10.9 Å². The predicted octanol–water partition coefficient (Wildman–Crippen LogP) is 3.87. The molecule has 0 fully saturated rings. The van der Waals surface area contributed by atoms with Crippen molar-refractivity contribution in [2.45, 2.75) is 12.2 Å². The molecule has 5 nitrogen and oxygen atoms in total. The second kappa shape index (κ2) is 7.37. The first kappa shape index (κ1) is 20.0. The molecule has 3 rings (SSSR count). The largest absolute Gasteiger partial charge is 0.545 e. The van der Waals surface area contributed by atoms with E-state index in [1.807, 2.05) is 5.32 Å². The van der Waals surface area contributed by atoms with Gasteiger partial charge in [0.05, 0.1) is 11.0 Å². The smallest absolute Gasteiger partial charge is 0.412 e. The second-order valence-corrected chi connectivity index (χ2v) is 6.74. The fourth-order valence-corrected chi connectivity index (χ4v) is 3.12. The summed E-state index contributed by atoms with van der Waals surface area (Å²) < 4.78 is 40.4. The number of hydrogen-bond acceptors (Lipinski definition) is 3. The van der Waals surface area contributed by atoms with E-state index in [-0.39, 0.29) is 37.8 Å². The number of fused-ring (bicyclic) bond motifs is 1. The summed E-state index contributed by atoms with van der Waals surface area (Å²) in [6, 6.07) is 6.41. The summed E-state index contributed by atoms with van der Waals surface area (Å²) in [6.07, 6.45) is -4.77. The lowest BCUT2D eigenvalue weighted by atomic mass is 10.1. The van der Waals surface area contributed by atoms with E-state index in [1.54, 1.807) is 0 Å². The monoisotopic (exact) mass is 429 g/mol. The summed E-state index contributed by atoms with van der Waals surface area (Å²) in [7, 11) is 0. The van der Waals surface area contributed by atoms with Crippen LogP contribution in [0, 0.1) is 0 Å². The maximum Gasteiger partial charge on any atom is 0.412 e. The Bertz CT molecular complexity index is 1080. The molecule has 0 radical (unpaired) electrons. The highest BCUT2D eigenvalue weighted by molar-refractivity contribution is 6.34. The fraction of sp³-hybridized carbons (Fsp3) is 0.111. The Kier molecular flexibility index (Phi) is 5.27. The molecule has 2 aromatic carbocycles. The average Bonchev–Trinajstić information content (AvgIpc) is 3.00. The molecule has 0 bridgehead atoms. The van der Waals surface area contributed by atoms with Gasteiger partial charge in [-0.3, -0.25) is 4.79 Å². The van der Waals surface area contributed by atoms with Gasteiger partial charge in [-0.05, 0) is 35.9 Å². The summed E-state index contributed by atoms with van der Waals surface area (Å²) in [5.74, 6) is -2.55. The lowest BCUT2D eigenvalue weighted by Crippen LogP contribution is -2.38. The van der Waals surface area contributed by atoms with Crippen LogP contribution in [0.3, 0.4) is 0 Å². The summed E-state index contributed by atoms with van der Waals surface area (Å²) in [4.78, 5) is 26.0. The molecule has 0 aliphatic heterocycles. The van der Waals surface area contributed by atoms with Gasteiger partial charge in [0, 0.05) is 21.5 Å². The molecule has 1 aromatic heterocycles. The molecular weight excluding hydrogens is 420 g/mol. The SMILES string of the molecule is O=C(NC(c1cccc(Cl)c1)C(F)(F)F)c1cc2cc(C(=O)[O-])c(Cl)cc2[nH]1. The zero-order valence-corrected chi connectivity index (χ0v) is 15.2. The molecule has 146 valence electrons. The van der Waals surface area contributed by atoms with Crippen molar-refractivity contribution < 1.29 is 27.9 Å². The standard InChI is InChI=1S/C18H11Cl2F3N2O3/c19-10-3-1-2-8(4-10)15(18(21,22)23)25-16(26)14-6-9-5-11(17(27)28)12(20)7-13(9)24-14/h1-7,15,24H,(H,25,26)(H,27,28)/p-1. The van der Waals surface area contributed by atoms with Crippen molar-refractivity contribution in [1.82, 2.24) is 10.3 Å². The average molecular weight is 430 g/mol. The molecule has 0 aliphatic carbocycles. The van der Waals surface area contributed by atoms with Crippen molar-refractivity contribution in [3.05, 3.63) is 69.3 Å². The Morgan fingerprint density at radius 2 is 1.82 bits per heavy atom. The van der Waals surface area contributed by atoms with E-state index < -0.39 is 24.1 Å². The number of nitrogens with one attached hydrogen (secondary N) is 2. The van der Waals surface area contributed by atoms with E-state index in [0.29, 0.717) is 0 Å². The molecule has 28 heavy (non-hydrogen) atoms. The van der Waals surface area contributed by atoms with E-state index in [1.165, 1.54) is 36.4 Å². The van der Waals surface area contributed by atoms with E-state index in [4.69, 9.17) is 23.2 Å². The van der Waals surface area contributed by atoms with Gasteiger partial charge in [0.15, 0.2) is 6.04 Å². The Labute approximate surface area is 166 Å². The first-order valence-corrected chi connectivity index (χ1v) is 8.48. The molecule has 10 heteroatoms. The Morgan fingerprint density at radius 1 is 1.11 bits per heavy atom. The zero-order valence-electron chi connectivity index (χ0n) is 13.7. The Balaban J connectivity index is 1.95. The minimum Gasteiger partial charge on any atom is -0.545 e. The summed E-state index contributed by atoms with van der Waals surface area (Å²) >= 11 is 11.6. The minimum absolute atomic E-state index is 0.0936. The van der Waals surface area contributed by atoms with Crippen molar-refractivity contribution >= 4 is 46.0 Å². The highest BCUT2D eigenvalue weighted by atomic mass is 35.5. The predicted molar refractivity (Wildman–Crippen MR) is 95.4 cm³/mol. The van der Waals surface area contributed by atoms with E-state index in [2.05, 4.69) is 4.98 Å². The van der Waals surface area contributed by atoms with Crippen molar-refractivity contribution in [3.8, 4) is 0 Å². The van der Waals surface area contributed by atoms with Gasteiger partial charge in [-0.2, -0.15) is 13.2 Å². The van der Waals surface area contributed by atoms with Crippen LogP contribution in [0.5, 0.6) is 0 Å². The lowest BCUT2D eigenvalue weighted by Gasteiger charge is -2.22. The van der Waals surface area contributed by atoms with Gasteiger partial charge in [-0.25, -0.2) is 0 Å². The number of carbonyl (C=O) groups is 2. The number of carboxylic acids is 1. The number of aromatic amines is 1. The van der Waals surface area contributed by atoms with E-state index in [0.717, 1.165) is 6.07 Å². The third-order valence-electron chi connectivity index (χ3n) is 3.96. The molecule has 1 heterocycles. The highest BCUT2D eigenvalue weighted by Gasteiger charge is 2.42. The molecule has 0 spiro atoms. The van der Waals surface area contributed by atoms with E-state index in [9.17, 15) is 27.9 Å². The quantitative estimate of drug-likeness (QED) is 0.659. The molecule has 2 N–H and O–H groups in total. The summed E-state index contributed by atoms with van der Waals surface area (Å²) in [5.41, 5.74) is -0.441. The van der Waals surface area contributed by atoms with Crippen LogP contribution in [-0.2, 0) is 0 Å². The van der Waals surface area contributed by atoms with Gasteiger partial charge in [-0.1, -0.05) is 35.3 Å². The number of amides is 1. The number of aromatic carboxylic acids is 1. The van der Waals surface area contributed by atoms with Gasteiger partial charge in [0.1, 0.15) is 5.69 Å². The van der Waals surface area contributed by atoms with Crippen molar-refractivity contribution in [3.63, 3.8) is 0 Å². The molecule has 0 saturated carbocycles. The van der Waals surface area contributed by atoms with Crippen LogP contribution in [0.2, 0.25) is 10.0 Å². The number of rotatable bonds is 4. The molecule has 3 aromatic rings. The van der Waals surface area contributed by atoms with Crippen molar-refractivity contribution in [2.24, 2.45) is 0 Å². The van der Waals surface area contributed by atoms with Gasteiger partial charge >= 0.3 is 6.18 Å². The number of H-pyrrole nitrogens is 1. The minimum atomic E-state index is -4.77. The van der Waals surface area contributed by atoms with Crippen LogP contribution < -0.4 is 10.4 Å². The van der Waals surface area contributed by atoms with Crippen LogP contribution in [0.15, 0.2) is 42.5 Å². The maximum absolute atomic E-state index is 13.5. The number of halogens is 5. The van der Waals surface area contributed by atoms with Crippen LogP contribution in [0.1, 0.15) is 32.5 Å². The Morgan fingerprint density at radius 3 is 2.43 bits per heavy atom. The third kappa shape index (κ3) is 4.07. The molecule has 1 amide bonds. The first-order valence-electron chi connectivity index (χ1n) is 7.73. The zero-order chi connectivity index (χ0) is 20.6. The molecule has 1 atom stereocenters. The highest BCUT2D eigenvalue weighted by Crippen LogP contribution is 2.34. The van der Waals surface area contributed by atoms with Gasteiger partial charge in [0.25, 0.3) is 5.91 Å². The number of carbonyl (C=O) groups excluding carboxylic acids is 2. The number of benzene rings is 2. The normalized spacial score (nSPS) is 12.8. The second-order valence-electron chi connectivity index (χ2n) is 5.89. The summed E-state index contributed by atoms with van der Waals surface area (Å²) in [5, 5.41) is 13.2. The lowest BCUT2D eigenvalue weighted by molar-refractivity contribution is -0.255. The van der Waals surface area contributed by atoms with Gasteiger partial charge < -0.3 is 20.2 Å². The maximum atomic E-state index is 13.5. The topological polar surface area (TPSA) is 85.0 Å². The number of carboxylic acid groups (broad SMARTS) is 1. The van der Waals surface area contributed by atoms with E-state index >= 15 is 0 Å². The van der Waals surface area contributed by atoms with Gasteiger partial charge in [-0.15, -0.1) is 0 Å². The fourth-order valence-electron chi connectivity index (χ4n) is 2.68. The molecule has 0 saturated heterocycles. The van der Waals surface area contributed by atoms with Crippen molar-refractivity contribution in [2.75, 3.05) is 0 Å². The third-order valence-corrected chi connectivity index (χ3v) is 4.51. The molecular formula is C18H10Cl2F3N2O3-. The number of hydrogen-bond donors (Lipinski definition) is 2. The first-order chi connectivity index (χ1) is 13.1. The Hall–Kier alpha value is -2.71. The molecule has 0 aliphatic rings. The van der Waals surface area contributed by atoms with Crippen molar-refractivity contribution in [1.29, 1.82) is 0 Å². The number of alkyl halides is 3. The van der Waals surface area contributed by atoms with Crippen LogP contribution in [-0.4, -0.2) is 23.0 Å². The van der Waals surface area contributed by atoms with Crippen LogP contribution in [0.4, 0.5) is 13.2 Å². The molecule has 1 unspecified atom stereocenters. The summed E-state index contributed by atoms with van der Waals surface area (Å²) in [6.45, 7) is 0. The van der Waals surface area contributed by atoms with Gasteiger partial charge in [0.2, 0.25) is 0 Å².